The summed E-state index contributed by atoms with van der Waals surface area (Å²) in [6.07, 6.45) is 4.79. The molecule has 80 valence electrons. The van der Waals surface area contributed by atoms with Crippen molar-refractivity contribution in [1.82, 2.24) is 10.4 Å². The summed E-state index contributed by atoms with van der Waals surface area (Å²) >= 11 is 0. The molecule has 0 saturated carbocycles. The van der Waals surface area contributed by atoms with Gasteiger partial charge >= 0.3 is 5.84 Å². The van der Waals surface area contributed by atoms with Crippen molar-refractivity contribution >= 4 is 12.5 Å². The predicted octanol–water partition coefficient (Wildman–Crippen LogP) is -1.38. The highest BCUT2D eigenvalue weighted by atomic mass is 16.5. The van der Waals surface area contributed by atoms with Gasteiger partial charge in [0.15, 0.2) is 17.9 Å². The monoisotopic (exact) mass is 215 g/mol. The van der Waals surface area contributed by atoms with E-state index in [9.17, 15) is 5.21 Å². The van der Waals surface area contributed by atoms with Crippen LogP contribution in [0.4, 0.5) is 0 Å². The first kappa shape index (κ1) is 8.93. The molecule has 1 aromatic rings. The van der Waals surface area contributed by atoms with Crippen LogP contribution in [0.2, 0.25) is 0 Å². The highest BCUT2D eigenvalue weighted by Crippen LogP contribution is 2.15. The summed E-state index contributed by atoms with van der Waals surface area (Å²) in [4.78, 5) is 3.86. The standard InChI is InChI=1S/C10H8N5O/c11-9-8-10(13-6-12-9)14-4-2-1-3-7(14)5-15(8)16/h1-6H,(H2,11,12,13)/q-1/p+1. The first-order valence-electron chi connectivity index (χ1n) is 4.76. The van der Waals surface area contributed by atoms with Crippen molar-refractivity contribution in [3.63, 3.8) is 0 Å². The van der Waals surface area contributed by atoms with E-state index in [2.05, 4.69) is 10.3 Å². The molecular formula is C10H9N5O. The number of nitrogens with two attached hydrogens (primary N) is 1. The largest absolute Gasteiger partial charge is 0.754 e. The number of nitrogens with zero attached hydrogens (tertiary/aromatic N) is 3. The van der Waals surface area contributed by atoms with E-state index in [0.717, 1.165) is 10.4 Å². The first-order valence-corrected chi connectivity index (χ1v) is 4.76. The van der Waals surface area contributed by atoms with Gasteiger partial charge in [-0.1, -0.05) is 6.07 Å². The van der Waals surface area contributed by atoms with Gasteiger partial charge in [0.1, 0.15) is 5.35 Å². The zero-order chi connectivity index (χ0) is 11.1. The van der Waals surface area contributed by atoms with E-state index in [1.54, 1.807) is 0 Å². The van der Waals surface area contributed by atoms with E-state index < -0.39 is 0 Å². The van der Waals surface area contributed by atoms with E-state index in [4.69, 9.17) is 5.73 Å². The second kappa shape index (κ2) is 3.07. The summed E-state index contributed by atoms with van der Waals surface area (Å²) in [6.45, 7) is 0. The van der Waals surface area contributed by atoms with Crippen LogP contribution in [0.1, 0.15) is 0 Å². The third-order valence-electron chi connectivity index (χ3n) is 2.47. The molecule has 0 aromatic carbocycles. The zero-order valence-electron chi connectivity index (χ0n) is 8.29. The minimum absolute atomic E-state index is 0.210. The molecule has 6 heteroatoms. The Morgan fingerprint density at radius 2 is 2.31 bits per heavy atom. The molecule has 2 aliphatic rings. The number of fused-ring (bicyclic) bond motifs is 2. The van der Waals surface area contributed by atoms with E-state index in [0.29, 0.717) is 11.5 Å². The van der Waals surface area contributed by atoms with E-state index >= 15 is 0 Å². The average molecular weight is 215 g/mol. The molecule has 0 saturated heterocycles. The molecular weight excluding hydrogens is 206 g/mol. The number of nitrogens with one attached hydrogen (secondary N) is 1. The minimum atomic E-state index is 0.210. The molecule has 0 radical (unpaired) electrons. The van der Waals surface area contributed by atoms with Gasteiger partial charge in [0.2, 0.25) is 0 Å². The normalized spacial score (nSPS) is 17.6. The summed E-state index contributed by atoms with van der Waals surface area (Å²) in [7, 11) is 0. The van der Waals surface area contributed by atoms with Gasteiger partial charge in [-0.05, 0) is 12.1 Å². The Morgan fingerprint density at radius 1 is 1.44 bits per heavy atom. The van der Waals surface area contributed by atoms with Crippen molar-refractivity contribution in [2.75, 3.05) is 0 Å². The van der Waals surface area contributed by atoms with Gasteiger partial charge in [-0.3, -0.25) is 0 Å². The number of aliphatic imine (C=N–C) groups is 1. The molecule has 0 aliphatic carbocycles. The third kappa shape index (κ3) is 1.10. The van der Waals surface area contributed by atoms with Crippen LogP contribution in [0, 0.1) is 11.0 Å². The number of pyridine rings is 1. The maximum absolute atomic E-state index is 11.8. The highest BCUT2D eigenvalue weighted by molar-refractivity contribution is 5.62. The smallest absolute Gasteiger partial charge is 0.312 e. The Hall–Kier alpha value is -2.34. The molecule has 0 unspecified atom stereocenters. The van der Waals surface area contributed by atoms with Gasteiger partial charge in [0, 0.05) is 6.20 Å². The summed E-state index contributed by atoms with van der Waals surface area (Å²) in [6, 6.07) is 5.59. The fourth-order valence-corrected chi connectivity index (χ4v) is 1.76. The molecule has 0 fully saturated rings. The van der Waals surface area contributed by atoms with E-state index in [1.807, 2.05) is 28.6 Å². The van der Waals surface area contributed by atoms with Crippen LogP contribution >= 0.6 is 0 Å². The van der Waals surface area contributed by atoms with Crippen LogP contribution in [0.5, 0.6) is 0 Å². The average Bonchev–Trinajstić information content (AvgIpc) is 2.29. The molecule has 0 amide bonds. The maximum atomic E-state index is 11.8. The molecule has 16 heavy (non-hydrogen) atoms. The molecule has 0 atom stereocenters. The molecule has 3 N–H and O–H groups in total. The van der Waals surface area contributed by atoms with Crippen molar-refractivity contribution < 1.29 is 4.24 Å². The van der Waals surface area contributed by atoms with Crippen LogP contribution in [0.3, 0.4) is 0 Å². The minimum Gasteiger partial charge on any atom is -0.754 e. The van der Waals surface area contributed by atoms with Gasteiger partial charge in [-0.15, -0.1) is 0 Å². The predicted molar refractivity (Wildman–Crippen MR) is 57.4 cm³/mol. The van der Waals surface area contributed by atoms with E-state index in [1.165, 1.54) is 12.5 Å². The lowest BCUT2D eigenvalue weighted by Gasteiger charge is -2.30. The Kier molecular flexibility index (Phi) is 1.72. The van der Waals surface area contributed by atoms with Crippen LogP contribution in [-0.2, 0) is 0 Å². The van der Waals surface area contributed by atoms with E-state index in [-0.39, 0.29) is 5.82 Å². The van der Waals surface area contributed by atoms with Crippen LogP contribution < -0.4 is 20.6 Å². The summed E-state index contributed by atoms with van der Waals surface area (Å²) in [5.41, 5.74) is 6.02. The molecule has 6 nitrogen and oxygen atoms in total. The molecule has 3 heterocycles. The number of hydrogen-bond donors (Lipinski definition) is 2. The van der Waals surface area contributed by atoms with Crippen LogP contribution in [0.15, 0.2) is 40.9 Å². The second-order valence-electron chi connectivity index (χ2n) is 3.44. The first-order chi connectivity index (χ1) is 7.77. The zero-order valence-corrected chi connectivity index (χ0v) is 8.29. The van der Waals surface area contributed by atoms with Crippen molar-refractivity contribution in [1.29, 1.82) is 0 Å². The van der Waals surface area contributed by atoms with Gasteiger partial charge in [-0.25, -0.2) is 5.32 Å². The number of hydroxylamine groups is 2. The van der Waals surface area contributed by atoms with Gasteiger partial charge in [0.05, 0.1) is 6.20 Å². The Bertz CT molecular complexity index is 631. The maximum Gasteiger partial charge on any atom is 0.312 e. The molecule has 0 bridgehead atoms. The second-order valence-corrected chi connectivity index (χ2v) is 3.44. The lowest BCUT2D eigenvalue weighted by Crippen LogP contribution is -2.51. The van der Waals surface area contributed by atoms with Crippen molar-refractivity contribution in [2.24, 2.45) is 10.7 Å². The topological polar surface area (TPSA) is 82.6 Å². The summed E-state index contributed by atoms with van der Waals surface area (Å²) in [5.74, 6) is 0.836. The lowest BCUT2D eigenvalue weighted by molar-refractivity contribution is -0.541. The lowest BCUT2D eigenvalue weighted by atomic mass is 10.3. The van der Waals surface area contributed by atoms with Gasteiger partial charge < -0.3 is 16.0 Å². The van der Waals surface area contributed by atoms with Crippen molar-refractivity contribution in [3.05, 3.63) is 52.3 Å². The SMILES string of the molecule is NC1=C2C(=[n+]3ccccc3=CN2[O-])NC=N1. The molecule has 0 spiro atoms. The Balaban J connectivity index is 2.44. The summed E-state index contributed by atoms with van der Waals surface area (Å²) < 4.78 is 1.85. The van der Waals surface area contributed by atoms with Gasteiger partial charge in [-0.2, -0.15) is 9.24 Å². The third-order valence-corrected chi connectivity index (χ3v) is 2.47. The fourth-order valence-electron chi connectivity index (χ4n) is 1.76. The summed E-state index contributed by atoms with van der Waals surface area (Å²) in [5, 5.41) is 16.2. The molecule has 2 aliphatic heterocycles. The van der Waals surface area contributed by atoms with Crippen molar-refractivity contribution in [2.45, 2.75) is 0 Å². The molecule has 3 rings (SSSR count). The van der Waals surface area contributed by atoms with Crippen LogP contribution in [-0.4, -0.2) is 11.4 Å². The Morgan fingerprint density at radius 3 is 3.19 bits per heavy atom. The molecule has 1 aromatic heterocycles. The highest BCUT2D eigenvalue weighted by Gasteiger charge is 2.25. The quantitative estimate of drug-likeness (QED) is 0.523. The Labute approximate surface area is 90.9 Å². The number of aromatic nitrogens is 1. The number of rotatable bonds is 0. The number of hydrogen-bond acceptors (Lipinski definition) is 5. The van der Waals surface area contributed by atoms with Crippen LogP contribution in [0.25, 0.3) is 6.20 Å². The van der Waals surface area contributed by atoms with Gasteiger partial charge in [0.25, 0.3) is 0 Å². The fraction of sp³-hybridized carbons (Fsp3) is 0. The van der Waals surface area contributed by atoms with Crippen molar-refractivity contribution in [3.8, 4) is 0 Å².